The fourth-order valence-electron chi connectivity index (χ4n) is 4.15. The molecule has 2 heterocycles. The van der Waals surface area contributed by atoms with E-state index < -0.39 is 12.5 Å². The minimum atomic E-state index is -0.725. The zero-order valence-corrected chi connectivity index (χ0v) is 19.2. The van der Waals surface area contributed by atoms with Gasteiger partial charge in [-0.1, -0.05) is 18.2 Å². The maximum Gasteiger partial charge on any atom is 0.307 e. The predicted octanol–water partition coefficient (Wildman–Crippen LogP) is 5.15. The van der Waals surface area contributed by atoms with Crippen molar-refractivity contribution in [2.45, 2.75) is 32.8 Å². The number of ether oxygens (including phenoxy) is 1. The lowest BCUT2D eigenvalue weighted by Crippen LogP contribution is -2.30. The standard InChI is InChI=1S/C27H32N2O4/c1-20(2)29(24-11-9-21(10-12-24)25-8-5-16-32-25)19-22-6-3-4-7-26(22)33-17-15-28-14-13-23(18-28)27(30)31/h3-12,16,20,23H,13-15,17-19H2,1-2H3,(H,30,31)/i19D. The largest absolute Gasteiger partial charge is 0.492 e. The van der Waals surface area contributed by atoms with E-state index in [0.717, 1.165) is 29.1 Å². The van der Waals surface area contributed by atoms with E-state index in [2.05, 4.69) is 23.6 Å². The Morgan fingerprint density at radius 1 is 1.21 bits per heavy atom. The van der Waals surface area contributed by atoms with Gasteiger partial charge in [0.05, 0.1) is 13.6 Å². The number of carboxylic acid groups (broad SMARTS) is 1. The Morgan fingerprint density at radius 3 is 2.67 bits per heavy atom. The van der Waals surface area contributed by atoms with Crippen LogP contribution in [-0.2, 0) is 11.3 Å². The molecule has 174 valence electrons. The molecule has 1 aromatic heterocycles. The number of furan rings is 1. The Hall–Kier alpha value is -3.25. The van der Waals surface area contributed by atoms with Gasteiger partial charge in [0.25, 0.3) is 0 Å². The summed E-state index contributed by atoms with van der Waals surface area (Å²) in [6, 6.07) is 19.7. The quantitative estimate of drug-likeness (QED) is 0.462. The van der Waals surface area contributed by atoms with Gasteiger partial charge >= 0.3 is 5.97 Å². The van der Waals surface area contributed by atoms with E-state index in [1.807, 2.05) is 60.7 Å². The molecule has 1 aliphatic heterocycles. The summed E-state index contributed by atoms with van der Waals surface area (Å²) in [5.74, 6) is 0.492. The monoisotopic (exact) mass is 449 g/mol. The topological polar surface area (TPSA) is 66.2 Å². The first-order chi connectivity index (χ1) is 16.4. The molecule has 6 heteroatoms. The lowest BCUT2D eigenvalue weighted by atomic mass is 10.1. The number of likely N-dealkylation sites (tertiary alicyclic amines) is 1. The number of benzene rings is 2. The molecule has 0 spiro atoms. The Kier molecular flexibility index (Phi) is 6.92. The summed E-state index contributed by atoms with van der Waals surface area (Å²) in [5, 5.41) is 9.20. The number of hydrogen-bond donors (Lipinski definition) is 1. The van der Waals surface area contributed by atoms with Crippen LogP contribution in [0.3, 0.4) is 0 Å². The number of hydrogen-bond acceptors (Lipinski definition) is 5. The Morgan fingerprint density at radius 2 is 2.00 bits per heavy atom. The third-order valence-corrected chi connectivity index (χ3v) is 6.01. The van der Waals surface area contributed by atoms with E-state index in [1.165, 1.54) is 0 Å². The van der Waals surface area contributed by atoms with Crippen molar-refractivity contribution in [2.24, 2.45) is 5.92 Å². The summed E-state index contributed by atoms with van der Waals surface area (Å²) in [6.45, 7) is 5.98. The molecule has 0 radical (unpaired) electrons. The molecule has 6 nitrogen and oxygen atoms in total. The van der Waals surface area contributed by atoms with Crippen LogP contribution in [0.5, 0.6) is 5.75 Å². The Labute approximate surface area is 196 Å². The van der Waals surface area contributed by atoms with Crippen molar-refractivity contribution < 1.29 is 20.4 Å². The van der Waals surface area contributed by atoms with Crippen LogP contribution in [0.1, 0.15) is 27.2 Å². The summed E-state index contributed by atoms with van der Waals surface area (Å²) in [6.07, 6.45) is 2.34. The zero-order valence-electron chi connectivity index (χ0n) is 20.2. The average Bonchev–Trinajstić information content (AvgIpc) is 3.52. The van der Waals surface area contributed by atoms with Gasteiger partial charge in [0.1, 0.15) is 18.1 Å². The molecule has 33 heavy (non-hydrogen) atoms. The van der Waals surface area contributed by atoms with E-state index in [-0.39, 0.29) is 12.0 Å². The normalized spacial score (nSPS) is 17.7. The maximum atomic E-state index is 11.2. The average molecular weight is 450 g/mol. The lowest BCUT2D eigenvalue weighted by Gasteiger charge is -2.30. The summed E-state index contributed by atoms with van der Waals surface area (Å²) >= 11 is 0. The summed E-state index contributed by atoms with van der Waals surface area (Å²) < 4.78 is 20.7. The van der Waals surface area contributed by atoms with Gasteiger partial charge in [-0.05, 0) is 69.3 Å². The van der Waals surface area contributed by atoms with Crippen molar-refractivity contribution >= 4 is 11.7 Å². The van der Waals surface area contributed by atoms with E-state index in [4.69, 9.17) is 10.5 Å². The third-order valence-electron chi connectivity index (χ3n) is 6.01. The van der Waals surface area contributed by atoms with Crippen molar-refractivity contribution in [2.75, 3.05) is 31.1 Å². The first-order valence-corrected chi connectivity index (χ1v) is 11.5. The summed E-state index contributed by atoms with van der Waals surface area (Å²) in [5.41, 5.74) is 2.75. The van der Waals surface area contributed by atoms with Gasteiger partial charge in [-0.25, -0.2) is 0 Å². The molecule has 1 fully saturated rings. The number of carbonyl (C=O) groups is 1. The molecule has 2 unspecified atom stereocenters. The van der Waals surface area contributed by atoms with E-state index in [9.17, 15) is 9.90 Å². The molecule has 1 saturated heterocycles. The molecule has 1 N–H and O–H groups in total. The number of anilines is 1. The van der Waals surface area contributed by atoms with Crippen molar-refractivity contribution in [3.05, 3.63) is 72.5 Å². The number of carboxylic acids is 1. The van der Waals surface area contributed by atoms with E-state index in [0.29, 0.717) is 31.9 Å². The molecule has 0 amide bonds. The van der Waals surface area contributed by atoms with Crippen LogP contribution in [0.4, 0.5) is 5.69 Å². The van der Waals surface area contributed by atoms with Crippen LogP contribution in [0.15, 0.2) is 71.3 Å². The van der Waals surface area contributed by atoms with Gasteiger partial charge in [-0.2, -0.15) is 0 Å². The summed E-state index contributed by atoms with van der Waals surface area (Å²) in [7, 11) is 0. The highest BCUT2D eigenvalue weighted by Crippen LogP contribution is 2.28. The molecule has 4 rings (SSSR count). The van der Waals surface area contributed by atoms with Gasteiger partial charge in [0.15, 0.2) is 0 Å². The van der Waals surface area contributed by atoms with Gasteiger partial charge in [-0.3, -0.25) is 9.69 Å². The first kappa shape index (κ1) is 21.6. The van der Waals surface area contributed by atoms with Crippen LogP contribution in [0.2, 0.25) is 0 Å². The van der Waals surface area contributed by atoms with Crippen molar-refractivity contribution in [1.29, 1.82) is 0 Å². The molecule has 3 aromatic rings. The minimum absolute atomic E-state index is 0.0996. The zero-order chi connectivity index (χ0) is 24.1. The highest BCUT2D eigenvalue weighted by Gasteiger charge is 2.27. The highest BCUT2D eigenvalue weighted by atomic mass is 16.5. The highest BCUT2D eigenvalue weighted by molar-refractivity contribution is 5.70. The SMILES string of the molecule is [2H]C(c1ccccc1OCCN1CCC(C(=O)O)C1)N(c1ccc(-c2ccco2)cc1)C(C)C. The molecule has 0 bridgehead atoms. The molecule has 0 saturated carbocycles. The maximum absolute atomic E-state index is 11.2. The van der Waals surface area contributed by atoms with Crippen molar-refractivity contribution in [3.8, 4) is 17.1 Å². The second-order valence-corrected chi connectivity index (χ2v) is 8.67. The van der Waals surface area contributed by atoms with Crippen LogP contribution < -0.4 is 9.64 Å². The van der Waals surface area contributed by atoms with Gasteiger partial charge in [-0.15, -0.1) is 0 Å². The van der Waals surface area contributed by atoms with Crippen LogP contribution >= 0.6 is 0 Å². The fraction of sp³-hybridized carbons (Fsp3) is 0.370. The number of nitrogens with zero attached hydrogens (tertiary/aromatic N) is 2. The second-order valence-electron chi connectivity index (χ2n) is 8.67. The molecule has 0 aliphatic carbocycles. The molecule has 2 atom stereocenters. The molecule has 1 aliphatic rings. The van der Waals surface area contributed by atoms with Crippen LogP contribution in [0.25, 0.3) is 11.3 Å². The van der Waals surface area contributed by atoms with Crippen molar-refractivity contribution in [3.63, 3.8) is 0 Å². The number of aliphatic carboxylic acids is 1. The van der Waals surface area contributed by atoms with Crippen LogP contribution in [0, 0.1) is 5.92 Å². The third kappa shape index (κ3) is 5.76. The van der Waals surface area contributed by atoms with Gasteiger partial charge in [0, 0.05) is 42.5 Å². The minimum Gasteiger partial charge on any atom is -0.492 e. The number of para-hydroxylation sites is 1. The molecule has 2 aromatic carbocycles. The Balaban J connectivity index is 1.45. The van der Waals surface area contributed by atoms with E-state index in [1.54, 1.807) is 6.26 Å². The molecular formula is C27H32N2O4. The summed E-state index contributed by atoms with van der Waals surface area (Å²) in [4.78, 5) is 15.4. The predicted molar refractivity (Wildman–Crippen MR) is 130 cm³/mol. The van der Waals surface area contributed by atoms with Gasteiger partial charge < -0.3 is 19.2 Å². The number of rotatable bonds is 10. The van der Waals surface area contributed by atoms with Gasteiger partial charge in [0.2, 0.25) is 0 Å². The Bertz CT molecular complexity index is 1070. The molecular weight excluding hydrogens is 416 g/mol. The first-order valence-electron chi connectivity index (χ1n) is 12.0. The fourth-order valence-corrected chi connectivity index (χ4v) is 4.15. The smallest absolute Gasteiger partial charge is 0.307 e. The van der Waals surface area contributed by atoms with E-state index >= 15 is 0 Å². The van der Waals surface area contributed by atoms with Crippen LogP contribution in [-0.4, -0.2) is 48.3 Å². The lowest BCUT2D eigenvalue weighted by molar-refractivity contribution is -0.141. The van der Waals surface area contributed by atoms with Crippen molar-refractivity contribution in [1.82, 2.24) is 4.90 Å². The second kappa shape index (κ2) is 10.6.